The summed E-state index contributed by atoms with van der Waals surface area (Å²) in [5.41, 5.74) is 7.55. The average molecular weight is 191 g/mol. The molecule has 0 aliphatic heterocycles. The van der Waals surface area contributed by atoms with Crippen LogP contribution in [-0.2, 0) is 6.42 Å². The normalized spacial score (nSPS) is 13.3. The summed E-state index contributed by atoms with van der Waals surface area (Å²) in [7, 11) is 0. The van der Waals surface area contributed by atoms with Crippen LogP contribution in [0.3, 0.4) is 0 Å². The minimum absolute atomic E-state index is 0.490. The molecule has 0 amide bonds. The first-order valence-corrected chi connectivity index (χ1v) is 4.66. The van der Waals surface area contributed by atoms with Gasteiger partial charge < -0.3 is 5.73 Å². The van der Waals surface area contributed by atoms with Gasteiger partial charge in [0.15, 0.2) is 5.65 Å². The zero-order valence-electron chi connectivity index (χ0n) is 8.09. The first kappa shape index (κ1) is 9.08. The summed E-state index contributed by atoms with van der Waals surface area (Å²) in [4.78, 5) is 0. The molecule has 0 saturated carbocycles. The molecule has 2 heterocycles. The quantitative estimate of drug-likeness (QED) is 0.755. The van der Waals surface area contributed by atoms with Crippen LogP contribution in [0.15, 0.2) is 18.3 Å². The molecule has 5 heteroatoms. The van der Waals surface area contributed by atoms with E-state index in [0.29, 0.717) is 12.5 Å². The summed E-state index contributed by atoms with van der Waals surface area (Å²) < 4.78 is 1.68. The second-order valence-corrected chi connectivity index (χ2v) is 3.56. The van der Waals surface area contributed by atoms with Crippen molar-refractivity contribution in [2.24, 2.45) is 11.7 Å². The van der Waals surface area contributed by atoms with Crippen molar-refractivity contribution in [3.8, 4) is 0 Å². The van der Waals surface area contributed by atoms with Crippen LogP contribution < -0.4 is 5.73 Å². The molecule has 0 bridgehead atoms. The van der Waals surface area contributed by atoms with E-state index in [1.165, 1.54) is 5.56 Å². The van der Waals surface area contributed by atoms with Crippen molar-refractivity contribution < 1.29 is 0 Å². The fourth-order valence-corrected chi connectivity index (χ4v) is 1.39. The fourth-order valence-electron chi connectivity index (χ4n) is 1.39. The van der Waals surface area contributed by atoms with E-state index in [9.17, 15) is 0 Å². The predicted molar refractivity (Wildman–Crippen MR) is 52.7 cm³/mol. The molecule has 2 aromatic heterocycles. The van der Waals surface area contributed by atoms with Gasteiger partial charge in [0.25, 0.3) is 0 Å². The summed E-state index contributed by atoms with van der Waals surface area (Å²) in [5, 5.41) is 11.3. The van der Waals surface area contributed by atoms with Crippen molar-refractivity contribution in [3.05, 3.63) is 23.9 Å². The van der Waals surface area contributed by atoms with Crippen LogP contribution in [0.5, 0.6) is 0 Å². The number of hydrogen-bond donors (Lipinski definition) is 1. The Bertz CT molecular complexity index is 422. The second-order valence-electron chi connectivity index (χ2n) is 3.56. The highest BCUT2D eigenvalue weighted by Crippen LogP contribution is 2.08. The van der Waals surface area contributed by atoms with Gasteiger partial charge in [-0.1, -0.05) is 13.0 Å². The van der Waals surface area contributed by atoms with Crippen LogP contribution >= 0.6 is 0 Å². The van der Waals surface area contributed by atoms with Crippen molar-refractivity contribution in [3.63, 3.8) is 0 Å². The Morgan fingerprint density at radius 2 is 2.36 bits per heavy atom. The van der Waals surface area contributed by atoms with Crippen LogP contribution in [0.4, 0.5) is 0 Å². The molecule has 0 fully saturated rings. The van der Waals surface area contributed by atoms with E-state index in [4.69, 9.17) is 5.73 Å². The van der Waals surface area contributed by atoms with Gasteiger partial charge in [-0.2, -0.15) is 0 Å². The molecule has 2 N–H and O–H groups in total. The number of pyridine rings is 1. The minimum atomic E-state index is 0.490. The molecular formula is C9H13N5. The topological polar surface area (TPSA) is 69.1 Å². The highest BCUT2D eigenvalue weighted by Gasteiger charge is 2.03. The molecule has 1 atom stereocenters. The van der Waals surface area contributed by atoms with Crippen LogP contribution in [-0.4, -0.2) is 26.6 Å². The zero-order valence-corrected chi connectivity index (χ0v) is 8.09. The summed E-state index contributed by atoms with van der Waals surface area (Å²) in [5.74, 6) is 0.490. The molecule has 0 saturated heterocycles. The number of hydrogen-bond acceptors (Lipinski definition) is 4. The van der Waals surface area contributed by atoms with Gasteiger partial charge in [-0.25, -0.2) is 4.52 Å². The molecule has 2 aromatic rings. The Morgan fingerprint density at radius 3 is 3.14 bits per heavy atom. The van der Waals surface area contributed by atoms with E-state index in [0.717, 1.165) is 12.1 Å². The van der Waals surface area contributed by atoms with Crippen molar-refractivity contribution in [1.29, 1.82) is 0 Å². The lowest BCUT2D eigenvalue weighted by Crippen LogP contribution is -2.13. The average Bonchev–Trinajstić information content (AvgIpc) is 2.64. The highest BCUT2D eigenvalue weighted by atomic mass is 15.5. The van der Waals surface area contributed by atoms with Crippen molar-refractivity contribution in [1.82, 2.24) is 20.0 Å². The lowest BCUT2D eigenvalue weighted by atomic mass is 10.0. The zero-order chi connectivity index (χ0) is 9.97. The van der Waals surface area contributed by atoms with Crippen molar-refractivity contribution >= 4 is 5.65 Å². The fraction of sp³-hybridized carbons (Fsp3) is 0.444. The lowest BCUT2D eigenvalue weighted by Gasteiger charge is -2.07. The summed E-state index contributed by atoms with van der Waals surface area (Å²) >= 11 is 0. The smallest absolute Gasteiger partial charge is 0.179 e. The largest absolute Gasteiger partial charge is 0.330 e. The third kappa shape index (κ3) is 1.72. The number of tetrazole rings is 1. The van der Waals surface area contributed by atoms with E-state index in [1.807, 2.05) is 18.3 Å². The molecular weight excluding hydrogens is 178 g/mol. The maximum atomic E-state index is 5.57. The maximum absolute atomic E-state index is 5.57. The Kier molecular flexibility index (Phi) is 2.41. The van der Waals surface area contributed by atoms with Crippen molar-refractivity contribution in [2.75, 3.05) is 6.54 Å². The van der Waals surface area contributed by atoms with Crippen LogP contribution in [0.2, 0.25) is 0 Å². The predicted octanol–water partition coefficient (Wildman–Crippen LogP) is 0.262. The van der Waals surface area contributed by atoms with Gasteiger partial charge in [0.1, 0.15) is 0 Å². The minimum Gasteiger partial charge on any atom is -0.330 e. The van der Waals surface area contributed by atoms with Crippen molar-refractivity contribution in [2.45, 2.75) is 13.3 Å². The van der Waals surface area contributed by atoms with E-state index in [2.05, 4.69) is 22.4 Å². The first-order valence-electron chi connectivity index (χ1n) is 4.66. The van der Waals surface area contributed by atoms with Crippen LogP contribution in [0, 0.1) is 5.92 Å². The number of nitrogens with zero attached hydrogens (tertiary/aromatic N) is 4. The molecule has 0 aliphatic rings. The molecule has 1 unspecified atom stereocenters. The molecule has 0 aromatic carbocycles. The lowest BCUT2D eigenvalue weighted by molar-refractivity contribution is 0.590. The van der Waals surface area contributed by atoms with E-state index in [-0.39, 0.29) is 0 Å². The van der Waals surface area contributed by atoms with Gasteiger partial charge in [0.05, 0.1) is 0 Å². The molecule has 14 heavy (non-hydrogen) atoms. The summed E-state index contributed by atoms with van der Waals surface area (Å²) in [6, 6.07) is 3.95. The third-order valence-electron chi connectivity index (χ3n) is 2.24. The van der Waals surface area contributed by atoms with E-state index >= 15 is 0 Å². The van der Waals surface area contributed by atoms with E-state index < -0.39 is 0 Å². The SMILES string of the molecule is CC(CN)Cc1ccc2nnnn2c1. The number of aromatic nitrogens is 4. The first-order chi connectivity index (χ1) is 6.79. The Labute approximate surface area is 81.9 Å². The molecule has 5 nitrogen and oxygen atoms in total. The van der Waals surface area contributed by atoms with Gasteiger partial charge in [0, 0.05) is 6.20 Å². The summed E-state index contributed by atoms with van der Waals surface area (Å²) in [6.07, 6.45) is 2.91. The number of nitrogens with two attached hydrogens (primary N) is 1. The monoisotopic (exact) mass is 191 g/mol. The standard InChI is InChI=1S/C9H13N5/c1-7(5-10)4-8-2-3-9-11-12-13-14(9)6-8/h2-3,6-7H,4-5,10H2,1H3. The highest BCUT2D eigenvalue weighted by molar-refractivity contribution is 5.36. The number of rotatable bonds is 3. The summed E-state index contributed by atoms with van der Waals surface area (Å²) in [6.45, 7) is 2.83. The Hall–Kier alpha value is -1.49. The molecule has 0 radical (unpaired) electrons. The molecule has 0 aliphatic carbocycles. The molecule has 74 valence electrons. The van der Waals surface area contributed by atoms with Gasteiger partial charge in [-0.3, -0.25) is 0 Å². The third-order valence-corrected chi connectivity index (χ3v) is 2.24. The molecule has 2 rings (SSSR count). The number of fused-ring (bicyclic) bond motifs is 1. The maximum Gasteiger partial charge on any atom is 0.179 e. The second kappa shape index (κ2) is 3.71. The van der Waals surface area contributed by atoms with Crippen LogP contribution in [0.25, 0.3) is 5.65 Å². The van der Waals surface area contributed by atoms with E-state index in [1.54, 1.807) is 4.52 Å². The van der Waals surface area contributed by atoms with Gasteiger partial charge in [-0.05, 0) is 40.9 Å². The van der Waals surface area contributed by atoms with Gasteiger partial charge >= 0.3 is 0 Å². The molecule has 0 spiro atoms. The van der Waals surface area contributed by atoms with Gasteiger partial charge in [0.2, 0.25) is 0 Å². The van der Waals surface area contributed by atoms with Crippen LogP contribution in [0.1, 0.15) is 12.5 Å². The Balaban J connectivity index is 2.25. The Morgan fingerprint density at radius 1 is 1.50 bits per heavy atom. The van der Waals surface area contributed by atoms with Gasteiger partial charge in [-0.15, -0.1) is 5.10 Å².